The standard InChI is InChI=1S/C65H54N4O4.C21H14Br2N2/c1-45-14-41-60-61(44-45)67-65(53-27-39-59(40-28-53)69(55-31-17-47(18-32-55)20-43-63(71)73-3)57-35-23-51(24-36-57)49-12-8-5-9-13-49)64(66-60)52-25-37-58(38-26-52)68(54-29-15-46(16-30-54)19-42-62(70)72-2)56-33-21-50(22-34-56)48-10-6-4-7-11-48;1-13-2-11-18-19(12-13)25-21(15-5-9-17(23)10-6-15)20(24-18)14-3-7-16(22)8-4-14/h4-18,21-41,44H,19-20,42-43H2,1-3H3;2-12H,1H3. The number of anilines is 6. The van der Waals surface area contributed by atoms with Crippen molar-refractivity contribution in [2.24, 2.45) is 0 Å². The maximum absolute atomic E-state index is 11.9. The molecule has 0 radical (unpaired) electrons. The van der Waals surface area contributed by atoms with Crippen LogP contribution in [-0.4, -0.2) is 46.1 Å². The van der Waals surface area contributed by atoms with Crippen molar-refractivity contribution < 1.29 is 19.1 Å². The van der Waals surface area contributed by atoms with Crippen LogP contribution in [0.4, 0.5) is 34.1 Å². The van der Waals surface area contributed by atoms with Gasteiger partial charge in [-0.2, -0.15) is 0 Å². The molecule has 0 aliphatic heterocycles. The van der Waals surface area contributed by atoms with Crippen molar-refractivity contribution in [1.82, 2.24) is 19.9 Å². The van der Waals surface area contributed by atoms with E-state index in [9.17, 15) is 9.59 Å². The third-order valence-electron chi connectivity index (χ3n) is 17.2. The lowest BCUT2D eigenvalue weighted by molar-refractivity contribution is -0.141. The Labute approximate surface area is 588 Å². The number of ether oxygens (including phenoxy) is 2. The van der Waals surface area contributed by atoms with Gasteiger partial charge in [0.2, 0.25) is 0 Å². The Balaban J connectivity index is 0.000000288. The van der Waals surface area contributed by atoms with E-state index in [4.69, 9.17) is 29.4 Å². The highest BCUT2D eigenvalue weighted by Crippen LogP contribution is 2.42. The minimum Gasteiger partial charge on any atom is -0.469 e. The number of hydrogen-bond acceptors (Lipinski definition) is 10. The van der Waals surface area contributed by atoms with E-state index in [1.165, 1.54) is 19.8 Å². The minimum atomic E-state index is -0.225. The van der Waals surface area contributed by atoms with E-state index in [2.05, 4.69) is 298 Å². The number of methoxy groups -OCH3 is 2. The Morgan fingerprint density at radius 1 is 0.306 bits per heavy atom. The van der Waals surface area contributed by atoms with Crippen LogP contribution in [0.2, 0.25) is 0 Å². The quantitative estimate of drug-likeness (QED) is 0.0770. The van der Waals surface area contributed by atoms with Gasteiger partial charge >= 0.3 is 11.9 Å². The van der Waals surface area contributed by atoms with E-state index in [0.717, 1.165) is 149 Å². The Kier molecular flexibility index (Phi) is 20.2. The highest BCUT2D eigenvalue weighted by Gasteiger charge is 2.21. The van der Waals surface area contributed by atoms with Crippen LogP contribution in [0, 0.1) is 13.8 Å². The molecule has 0 amide bonds. The van der Waals surface area contributed by atoms with Crippen LogP contribution in [0.5, 0.6) is 0 Å². The summed E-state index contributed by atoms with van der Waals surface area (Å²) < 4.78 is 11.9. The normalized spacial score (nSPS) is 11.0. The van der Waals surface area contributed by atoms with Crippen LogP contribution >= 0.6 is 31.9 Å². The van der Waals surface area contributed by atoms with Crippen molar-refractivity contribution in [2.45, 2.75) is 39.5 Å². The number of nitrogens with zero attached hydrogens (tertiary/aromatic N) is 6. The number of rotatable bonds is 18. The molecular formula is C86H68Br2N6O4. The van der Waals surface area contributed by atoms with Crippen LogP contribution in [-0.2, 0) is 31.9 Å². The number of aryl methyl sites for hydroxylation is 4. The number of hydrogen-bond donors (Lipinski definition) is 0. The average Bonchev–Trinajstić information content (AvgIpc) is 0.832. The molecule has 12 aromatic carbocycles. The molecule has 0 saturated heterocycles. The maximum atomic E-state index is 11.9. The first-order valence-corrected chi connectivity index (χ1v) is 34.0. The number of fused-ring (bicyclic) bond motifs is 2. The molecule has 14 rings (SSSR count). The van der Waals surface area contributed by atoms with Crippen LogP contribution in [0.1, 0.15) is 35.1 Å². The molecule has 0 bridgehead atoms. The Bertz CT molecular complexity index is 5080. The number of carbonyl (C=O) groups is 2. The Morgan fingerprint density at radius 2 is 0.561 bits per heavy atom. The molecule has 2 aromatic heterocycles. The number of carbonyl (C=O) groups excluding carboxylic acids is 2. The molecule has 0 fully saturated rings. The summed E-state index contributed by atoms with van der Waals surface area (Å²) in [7, 11) is 2.84. The van der Waals surface area contributed by atoms with Gasteiger partial charge in [0, 0.05) is 78.2 Å². The first kappa shape index (κ1) is 65.5. The summed E-state index contributed by atoms with van der Waals surface area (Å²) >= 11 is 6.99. The minimum absolute atomic E-state index is 0.225. The zero-order chi connectivity index (χ0) is 67.5. The van der Waals surface area contributed by atoms with Gasteiger partial charge in [-0.15, -0.1) is 0 Å². The highest BCUT2D eigenvalue weighted by molar-refractivity contribution is 9.10. The summed E-state index contributed by atoms with van der Waals surface area (Å²) in [4.78, 5) is 48.9. The van der Waals surface area contributed by atoms with Crippen molar-refractivity contribution in [3.63, 3.8) is 0 Å². The molecule has 0 atom stereocenters. The molecule has 0 saturated carbocycles. The molecule has 480 valence electrons. The SMILES string of the molecule is COC(=O)CCc1ccc(N(c2ccc(-c3ccccc3)cc2)c2ccc(-c3nc4ccc(C)cc4nc3-c3ccc(N(c4ccc(CCC(=O)OC)cc4)c4ccc(-c5ccccc5)cc4)cc3)cc2)cc1.Cc1ccc2nc(-c3ccc(Br)cc3)c(-c3ccc(Br)cc3)nc2c1. The number of benzene rings is 12. The molecule has 0 aliphatic rings. The molecule has 12 heteroatoms. The first-order valence-electron chi connectivity index (χ1n) is 32.4. The molecule has 0 N–H and O–H groups in total. The van der Waals surface area contributed by atoms with Crippen molar-refractivity contribution in [2.75, 3.05) is 24.0 Å². The van der Waals surface area contributed by atoms with E-state index >= 15 is 0 Å². The molecule has 0 aliphatic carbocycles. The number of esters is 2. The topological polar surface area (TPSA) is 111 Å². The summed E-state index contributed by atoms with van der Waals surface area (Å²) in [5.41, 5.74) is 25.7. The Morgan fingerprint density at radius 3 is 0.857 bits per heavy atom. The second-order valence-corrected chi connectivity index (χ2v) is 25.7. The van der Waals surface area contributed by atoms with E-state index in [1.54, 1.807) is 0 Å². The van der Waals surface area contributed by atoms with Crippen LogP contribution < -0.4 is 9.80 Å². The van der Waals surface area contributed by atoms with Crippen molar-refractivity contribution in [3.05, 3.63) is 322 Å². The van der Waals surface area contributed by atoms with Crippen molar-refractivity contribution >= 4 is 100.0 Å². The predicted octanol–water partition coefficient (Wildman–Crippen LogP) is 22.6. The molecule has 98 heavy (non-hydrogen) atoms. The van der Waals surface area contributed by atoms with E-state index in [1.807, 2.05) is 48.5 Å². The van der Waals surface area contributed by atoms with Gasteiger partial charge in [0.25, 0.3) is 0 Å². The number of aromatic nitrogens is 4. The average molecular weight is 1410 g/mol. The summed E-state index contributed by atoms with van der Waals surface area (Å²) in [5.74, 6) is -0.451. The monoisotopic (exact) mass is 1410 g/mol. The van der Waals surface area contributed by atoms with Crippen molar-refractivity contribution in [1.29, 1.82) is 0 Å². The van der Waals surface area contributed by atoms with Gasteiger partial charge < -0.3 is 19.3 Å². The zero-order valence-corrected chi connectivity index (χ0v) is 57.8. The second kappa shape index (κ2) is 30.3. The fraction of sp³-hybridized carbons (Fsp3) is 0.0930. The fourth-order valence-electron chi connectivity index (χ4n) is 12.0. The van der Waals surface area contributed by atoms with Gasteiger partial charge in [0.1, 0.15) is 0 Å². The summed E-state index contributed by atoms with van der Waals surface area (Å²) in [6.07, 6.45) is 1.84. The van der Waals surface area contributed by atoms with Gasteiger partial charge in [-0.05, 0) is 193 Å². The van der Waals surface area contributed by atoms with Gasteiger partial charge in [-0.25, -0.2) is 19.9 Å². The maximum Gasteiger partial charge on any atom is 0.305 e. The van der Waals surface area contributed by atoms with Gasteiger partial charge in [0.15, 0.2) is 0 Å². The van der Waals surface area contributed by atoms with Gasteiger partial charge in [-0.3, -0.25) is 9.59 Å². The van der Waals surface area contributed by atoms with Crippen LogP contribution in [0.3, 0.4) is 0 Å². The highest BCUT2D eigenvalue weighted by atomic mass is 79.9. The third-order valence-corrected chi connectivity index (χ3v) is 18.3. The van der Waals surface area contributed by atoms with Crippen LogP contribution in [0.15, 0.2) is 300 Å². The van der Waals surface area contributed by atoms with Gasteiger partial charge in [-0.1, -0.05) is 202 Å². The predicted molar refractivity (Wildman–Crippen MR) is 407 cm³/mol. The van der Waals surface area contributed by atoms with E-state index < -0.39 is 0 Å². The summed E-state index contributed by atoms with van der Waals surface area (Å²) in [5, 5.41) is 0. The first-order chi connectivity index (χ1) is 47.9. The molecular weight excluding hydrogens is 1340 g/mol. The summed E-state index contributed by atoms with van der Waals surface area (Å²) in [6, 6.07) is 101. The van der Waals surface area contributed by atoms with E-state index in [0.29, 0.717) is 25.7 Å². The molecule has 2 heterocycles. The Hall–Kier alpha value is -11.2. The molecule has 0 spiro atoms. The second-order valence-electron chi connectivity index (χ2n) is 23.9. The lowest BCUT2D eigenvalue weighted by Gasteiger charge is -2.26. The van der Waals surface area contributed by atoms with E-state index in [-0.39, 0.29) is 11.9 Å². The molecule has 14 aromatic rings. The zero-order valence-electron chi connectivity index (χ0n) is 54.6. The smallest absolute Gasteiger partial charge is 0.305 e. The fourth-order valence-corrected chi connectivity index (χ4v) is 12.5. The van der Waals surface area contributed by atoms with Gasteiger partial charge in [0.05, 0.1) is 59.1 Å². The summed E-state index contributed by atoms with van der Waals surface area (Å²) in [6.45, 7) is 4.15. The number of halogens is 2. The van der Waals surface area contributed by atoms with Crippen LogP contribution in [0.25, 0.3) is 89.4 Å². The van der Waals surface area contributed by atoms with Crippen molar-refractivity contribution in [3.8, 4) is 67.3 Å². The third kappa shape index (κ3) is 15.4. The largest absolute Gasteiger partial charge is 0.469 e. The lowest BCUT2D eigenvalue weighted by atomic mass is 10.0. The molecule has 0 unspecified atom stereocenters. The molecule has 10 nitrogen and oxygen atoms in total. The lowest BCUT2D eigenvalue weighted by Crippen LogP contribution is -2.10.